The molecule has 0 saturated carbocycles. The fraction of sp³-hybridized carbons (Fsp3) is 0.143. The molecule has 0 bridgehead atoms. The molecule has 2 amide bonds. The minimum Gasteiger partial charge on any atom is -0.387 e. The normalized spacial score (nSPS) is 11.7. The Balaban J connectivity index is 1.82. The van der Waals surface area contributed by atoms with Crippen LogP contribution in [0.3, 0.4) is 0 Å². The maximum atomic E-state index is 11.6. The molecule has 2 rings (SSSR count). The van der Waals surface area contributed by atoms with Crippen LogP contribution in [0.15, 0.2) is 48.7 Å². The van der Waals surface area contributed by atoms with Crippen LogP contribution in [-0.2, 0) is 0 Å². The Morgan fingerprint density at radius 2 is 2.00 bits per heavy atom. The number of pyridine rings is 1. The molecule has 0 unspecified atom stereocenters. The number of carbonyl (C=O) groups excluding carboxylic acids is 1. The van der Waals surface area contributed by atoms with E-state index in [4.69, 9.17) is 11.6 Å². The van der Waals surface area contributed by atoms with Crippen LogP contribution >= 0.6 is 11.6 Å². The SMILES string of the molecule is O=C(NC[C@@H](O)c1ccc(Cl)cc1)Nc1ccccn1. The van der Waals surface area contributed by atoms with Gasteiger partial charge in [-0.1, -0.05) is 29.8 Å². The van der Waals surface area contributed by atoms with E-state index in [2.05, 4.69) is 15.6 Å². The summed E-state index contributed by atoms with van der Waals surface area (Å²) >= 11 is 5.77. The molecule has 1 heterocycles. The van der Waals surface area contributed by atoms with Crippen LogP contribution < -0.4 is 10.6 Å². The zero-order chi connectivity index (χ0) is 14.4. The number of amides is 2. The number of urea groups is 1. The molecule has 0 radical (unpaired) electrons. The van der Waals surface area contributed by atoms with E-state index in [1.165, 1.54) is 0 Å². The van der Waals surface area contributed by atoms with Gasteiger partial charge in [-0.2, -0.15) is 0 Å². The van der Waals surface area contributed by atoms with Gasteiger partial charge in [-0.3, -0.25) is 5.32 Å². The van der Waals surface area contributed by atoms with Gasteiger partial charge in [0.15, 0.2) is 0 Å². The Morgan fingerprint density at radius 3 is 2.65 bits per heavy atom. The van der Waals surface area contributed by atoms with Crippen molar-refractivity contribution < 1.29 is 9.90 Å². The van der Waals surface area contributed by atoms with Gasteiger partial charge < -0.3 is 10.4 Å². The summed E-state index contributed by atoms with van der Waals surface area (Å²) in [4.78, 5) is 15.6. The highest BCUT2D eigenvalue weighted by molar-refractivity contribution is 6.30. The summed E-state index contributed by atoms with van der Waals surface area (Å²) in [5.74, 6) is 0.450. The van der Waals surface area contributed by atoms with Crippen molar-refractivity contribution in [3.63, 3.8) is 0 Å². The monoisotopic (exact) mass is 291 g/mol. The smallest absolute Gasteiger partial charge is 0.320 e. The lowest BCUT2D eigenvalue weighted by Gasteiger charge is -2.12. The lowest BCUT2D eigenvalue weighted by Crippen LogP contribution is -2.32. The minimum atomic E-state index is -0.790. The van der Waals surface area contributed by atoms with Crippen LogP contribution in [0.4, 0.5) is 10.6 Å². The van der Waals surface area contributed by atoms with Crippen molar-refractivity contribution in [3.05, 3.63) is 59.2 Å². The van der Waals surface area contributed by atoms with Gasteiger partial charge >= 0.3 is 6.03 Å². The van der Waals surface area contributed by atoms with Gasteiger partial charge in [0.2, 0.25) is 0 Å². The van der Waals surface area contributed by atoms with Gasteiger partial charge in [-0.15, -0.1) is 0 Å². The molecular formula is C14H14ClN3O2. The molecule has 5 nitrogen and oxygen atoms in total. The van der Waals surface area contributed by atoms with E-state index in [1.54, 1.807) is 48.7 Å². The van der Waals surface area contributed by atoms with Crippen LogP contribution in [-0.4, -0.2) is 22.7 Å². The van der Waals surface area contributed by atoms with E-state index in [0.29, 0.717) is 16.4 Å². The largest absolute Gasteiger partial charge is 0.387 e. The number of carbonyl (C=O) groups is 1. The van der Waals surface area contributed by atoms with E-state index in [1.807, 2.05) is 0 Å². The fourth-order valence-electron chi connectivity index (χ4n) is 1.59. The van der Waals surface area contributed by atoms with Gasteiger partial charge in [0.25, 0.3) is 0 Å². The van der Waals surface area contributed by atoms with Crippen LogP contribution in [0, 0.1) is 0 Å². The predicted octanol–water partition coefficient (Wildman–Crippen LogP) is 2.59. The van der Waals surface area contributed by atoms with Crippen molar-refractivity contribution in [2.75, 3.05) is 11.9 Å². The number of anilines is 1. The molecule has 0 spiro atoms. The topological polar surface area (TPSA) is 74.2 Å². The third kappa shape index (κ3) is 4.22. The number of halogens is 1. The Morgan fingerprint density at radius 1 is 1.25 bits per heavy atom. The van der Waals surface area contributed by atoms with Crippen LogP contribution in [0.2, 0.25) is 5.02 Å². The second kappa shape index (κ2) is 6.88. The molecule has 104 valence electrons. The zero-order valence-corrected chi connectivity index (χ0v) is 11.3. The number of aromatic nitrogens is 1. The summed E-state index contributed by atoms with van der Waals surface area (Å²) in [5.41, 5.74) is 0.688. The molecule has 1 atom stereocenters. The lowest BCUT2D eigenvalue weighted by molar-refractivity contribution is 0.175. The number of hydrogen-bond donors (Lipinski definition) is 3. The van der Waals surface area contributed by atoms with Gasteiger partial charge in [0.05, 0.1) is 6.10 Å². The second-order valence-corrected chi connectivity index (χ2v) is 4.55. The van der Waals surface area contributed by atoms with E-state index in [0.717, 1.165) is 0 Å². The van der Waals surface area contributed by atoms with E-state index in [-0.39, 0.29) is 6.54 Å². The van der Waals surface area contributed by atoms with Gasteiger partial charge in [-0.25, -0.2) is 9.78 Å². The van der Waals surface area contributed by atoms with E-state index >= 15 is 0 Å². The highest BCUT2D eigenvalue weighted by atomic mass is 35.5. The Labute approximate surface area is 121 Å². The average Bonchev–Trinajstić information content (AvgIpc) is 2.46. The van der Waals surface area contributed by atoms with Crippen molar-refractivity contribution in [1.82, 2.24) is 10.3 Å². The van der Waals surface area contributed by atoms with Crippen molar-refractivity contribution >= 4 is 23.4 Å². The molecule has 0 aliphatic carbocycles. The quantitative estimate of drug-likeness (QED) is 0.810. The number of aliphatic hydroxyl groups excluding tert-OH is 1. The van der Waals surface area contributed by atoms with E-state index < -0.39 is 12.1 Å². The van der Waals surface area contributed by atoms with Crippen molar-refractivity contribution in [3.8, 4) is 0 Å². The number of aliphatic hydroxyl groups is 1. The Bertz CT molecular complexity index is 560. The first-order chi connectivity index (χ1) is 9.65. The lowest BCUT2D eigenvalue weighted by atomic mass is 10.1. The first-order valence-corrected chi connectivity index (χ1v) is 6.42. The van der Waals surface area contributed by atoms with Crippen LogP contribution in [0.25, 0.3) is 0 Å². The molecule has 20 heavy (non-hydrogen) atoms. The number of hydrogen-bond acceptors (Lipinski definition) is 3. The number of nitrogens with one attached hydrogen (secondary N) is 2. The molecule has 1 aromatic heterocycles. The molecular weight excluding hydrogens is 278 g/mol. The standard InChI is InChI=1S/C14H14ClN3O2/c15-11-6-4-10(5-7-11)12(19)9-17-14(20)18-13-3-1-2-8-16-13/h1-8,12,19H,9H2,(H2,16,17,18,20)/t12-/m1/s1. The second-order valence-electron chi connectivity index (χ2n) is 4.12. The summed E-state index contributed by atoms with van der Waals surface area (Å²) in [6.45, 7) is 0.0975. The van der Waals surface area contributed by atoms with Crippen molar-refractivity contribution in [2.24, 2.45) is 0 Å². The van der Waals surface area contributed by atoms with Gasteiger partial charge in [0, 0.05) is 17.8 Å². The molecule has 3 N–H and O–H groups in total. The van der Waals surface area contributed by atoms with Crippen LogP contribution in [0.5, 0.6) is 0 Å². The summed E-state index contributed by atoms with van der Waals surface area (Å²) in [7, 11) is 0. The van der Waals surface area contributed by atoms with Gasteiger partial charge in [-0.05, 0) is 29.8 Å². The molecule has 0 aliphatic heterocycles. The average molecular weight is 292 g/mol. The van der Waals surface area contributed by atoms with Crippen molar-refractivity contribution in [1.29, 1.82) is 0 Å². The molecule has 2 aromatic rings. The molecule has 0 saturated heterocycles. The van der Waals surface area contributed by atoms with Gasteiger partial charge in [0.1, 0.15) is 5.82 Å². The molecule has 0 fully saturated rings. The number of rotatable bonds is 4. The maximum absolute atomic E-state index is 11.6. The first-order valence-electron chi connectivity index (χ1n) is 6.04. The highest BCUT2D eigenvalue weighted by Crippen LogP contribution is 2.15. The summed E-state index contributed by atoms with van der Waals surface area (Å²) in [5, 5.41) is 15.7. The van der Waals surface area contributed by atoms with Crippen LogP contribution in [0.1, 0.15) is 11.7 Å². The summed E-state index contributed by atoms with van der Waals surface area (Å²) in [6, 6.07) is 11.6. The molecule has 6 heteroatoms. The maximum Gasteiger partial charge on any atom is 0.320 e. The minimum absolute atomic E-state index is 0.0975. The molecule has 0 aliphatic rings. The predicted molar refractivity (Wildman–Crippen MR) is 77.7 cm³/mol. The fourth-order valence-corrected chi connectivity index (χ4v) is 1.72. The number of nitrogens with zero attached hydrogens (tertiary/aromatic N) is 1. The molecule has 1 aromatic carbocycles. The Hall–Kier alpha value is -2.11. The van der Waals surface area contributed by atoms with E-state index in [9.17, 15) is 9.90 Å². The summed E-state index contributed by atoms with van der Waals surface area (Å²) in [6.07, 6.45) is 0.791. The first kappa shape index (κ1) is 14.3. The third-order valence-electron chi connectivity index (χ3n) is 2.62. The summed E-state index contributed by atoms with van der Waals surface area (Å²) < 4.78 is 0. The van der Waals surface area contributed by atoms with Crippen molar-refractivity contribution in [2.45, 2.75) is 6.10 Å². The number of benzene rings is 1. The Kier molecular flexibility index (Phi) is 4.92. The zero-order valence-electron chi connectivity index (χ0n) is 10.6. The highest BCUT2D eigenvalue weighted by Gasteiger charge is 2.09. The third-order valence-corrected chi connectivity index (χ3v) is 2.87.